The summed E-state index contributed by atoms with van der Waals surface area (Å²) in [7, 11) is 1.95. The van der Waals surface area contributed by atoms with Crippen LogP contribution in [0.3, 0.4) is 0 Å². The Balaban J connectivity index is 2.12. The van der Waals surface area contributed by atoms with Crippen LogP contribution in [0.15, 0.2) is 42.5 Å². The van der Waals surface area contributed by atoms with E-state index in [0.29, 0.717) is 5.92 Å². The van der Waals surface area contributed by atoms with Gasteiger partial charge in [-0.2, -0.15) is 0 Å². The summed E-state index contributed by atoms with van der Waals surface area (Å²) in [6.45, 7) is 3.25. The Hall–Kier alpha value is -1.51. The highest BCUT2D eigenvalue weighted by atomic mass is 35.5. The van der Waals surface area contributed by atoms with Gasteiger partial charge >= 0.3 is 0 Å². The van der Waals surface area contributed by atoms with Crippen molar-refractivity contribution in [2.24, 2.45) is 0 Å². The maximum atomic E-state index is 6.19. The minimum atomic E-state index is 0.198. The third-order valence-corrected chi connectivity index (χ3v) is 4.30. The van der Waals surface area contributed by atoms with Crippen LogP contribution in [0.25, 0.3) is 0 Å². The van der Waals surface area contributed by atoms with Gasteiger partial charge in [-0.15, -0.1) is 0 Å². The molecule has 1 aliphatic rings. The van der Waals surface area contributed by atoms with E-state index in [1.807, 2.05) is 19.2 Å². The van der Waals surface area contributed by atoms with Gasteiger partial charge in [0.25, 0.3) is 0 Å². The molecule has 0 saturated heterocycles. The average molecular weight is 287 g/mol. The zero-order chi connectivity index (χ0) is 14.1. The molecule has 0 radical (unpaired) electrons. The normalized spacial score (nSPS) is 21.4. The maximum Gasteiger partial charge on any atom is 0.0600 e. The number of hydrogen-bond acceptors (Lipinski definition) is 2. The van der Waals surface area contributed by atoms with E-state index >= 15 is 0 Å². The molecule has 0 bridgehead atoms. The van der Waals surface area contributed by atoms with E-state index in [0.717, 1.165) is 17.3 Å². The minimum Gasteiger partial charge on any atom is -0.388 e. The lowest BCUT2D eigenvalue weighted by molar-refractivity contribution is 0.517. The lowest BCUT2D eigenvalue weighted by Crippen LogP contribution is -2.33. The van der Waals surface area contributed by atoms with Crippen LogP contribution >= 0.6 is 11.6 Å². The molecular formula is C17H19ClN2. The SMILES string of the molecule is CNc1ccc(Cl)cc1[C@H]1NC[C@@H](C)c2ccccc21. The van der Waals surface area contributed by atoms with E-state index in [-0.39, 0.29) is 6.04 Å². The van der Waals surface area contributed by atoms with Gasteiger partial charge in [0.2, 0.25) is 0 Å². The van der Waals surface area contributed by atoms with Crippen LogP contribution in [-0.2, 0) is 0 Å². The second kappa shape index (κ2) is 5.47. The average Bonchev–Trinajstić information content (AvgIpc) is 2.48. The lowest BCUT2D eigenvalue weighted by atomic mass is 9.84. The molecule has 0 amide bonds. The summed E-state index contributed by atoms with van der Waals surface area (Å²) >= 11 is 6.19. The van der Waals surface area contributed by atoms with E-state index in [9.17, 15) is 0 Å². The molecular weight excluding hydrogens is 268 g/mol. The molecule has 0 aliphatic carbocycles. The van der Waals surface area contributed by atoms with Crippen molar-refractivity contribution in [3.63, 3.8) is 0 Å². The van der Waals surface area contributed by atoms with E-state index in [1.54, 1.807) is 0 Å². The molecule has 1 heterocycles. The molecule has 2 aromatic carbocycles. The van der Waals surface area contributed by atoms with Gasteiger partial charge in [-0.1, -0.05) is 42.8 Å². The van der Waals surface area contributed by atoms with Crippen molar-refractivity contribution in [1.29, 1.82) is 0 Å². The molecule has 3 heteroatoms. The van der Waals surface area contributed by atoms with Crippen LogP contribution in [-0.4, -0.2) is 13.6 Å². The number of halogens is 1. The first-order valence-corrected chi connectivity index (χ1v) is 7.38. The molecule has 0 fully saturated rings. The summed E-state index contributed by atoms with van der Waals surface area (Å²) in [6.07, 6.45) is 0. The van der Waals surface area contributed by atoms with Crippen molar-refractivity contribution in [2.45, 2.75) is 18.9 Å². The third kappa shape index (κ3) is 2.30. The first-order chi connectivity index (χ1) is 9.70. The predicted molar refractivity (Wildman–Crippen MR) is 85.7 cm³/mol. The first kappa shape index (κ1) is 13.5. The summed E-state index contributed by atoms with van der Waals surface area (Å²) in [4.78, 5) is 0. The van der Waals surface area contributed by atoms with Gasteiger partial charge in [-0.25, -0.2) is 0 Å². The van der Waals surface area contributed by atoms with Gasteiger partial charge in [0.15, 0.2) is 0 Å². The number of anilines is 1. The quantitative estimate of drug-likeness (QED) is 0.865. The first-order valence-electron chi connectivity index (χ1n) is 7.00. The van der Waals surface area contributed by atoms with E-state index in [4.69, 9.17) is 11.6 Å². The van der Waals surface area contributed by atoms with Gasteiger partial charge in [0.1, 0.15) is 0 Å². The Morgan fingerprint density at radius 1 is 1.10 bits per heavy atom. The van der Waals surface area contributed by atoms with Crippen LogP contribution < -0.4 is 10.6 Å². The smallest absolute Gasteiger partial charge is 0.0600 e. The van der Waals surface area contributed by atoms with Crippen molar-refractivity contribution >= 4 is 17.3 Å². The molecule has 1 aliphatic heterocycles. The topological polar surface area (TPSA) is 24.1 Å². The highest BCUT2D eigenvalue weighted by Gasteiger charge is 2.26. The lowest BCUT2D eigenvalue weighted by Gasteiger charge is -2.32. The van der Waals surface area contributed by atoms with Crippen LogP contribution in [0.2, 0.25) is 5.02 Å². The molecule has 2 aromatic rings. The summed E-state index contributed by atoms with van der Waals surface area (Å²) in [5.74, 6) is 0.541. The number of fused-ring (bicyclic) bond motifs is 1. The fourth-order valence-electron chi connectivity index (χ4n) is 3.01. The molecule has 0 unspecified atom stereocenters. The zero-order valence-electron chi connectivity index (χ0n) is 11.8. The third-order valence-electron chi connectivity index (χ3n) is 4.06. The second-order valence-corrected chi connectivity index (χ2v) is 5.79. The van der Waals surface area contributed by atoms with Crippen LogP contribution in [0.5, 0.6) is 0 Å². The van der Waals surface area contributed by atoms with Crippen LogP contribution in [0.4, 0.5) is 5.69 Å². The fraction of sp³-hybridized carbons (Fsp3) is 0.294. The zero-order valence-corrected chi connectivity index (χ0v) is 12.5. The molecule has 104 valence electrons. The van der Waals surface area contributed by atoms with Crippen molar-refractivity contribution < 1.29 is 0 Å². The van der Waals surface area contributed by atoms with Gasteiger partial charge < -0.3 is 10.6 Å². The summed E-state index contributed by atoms with van der Waals surface area (Å²) in [5, 5.41) is 7.68. The molecule has 3 rings (SSSR count). The molecule has 2 nitrogen and oxygen atoms in total. The van der Waals surface area contributed by atoms with Crippen molar-refractivity contribution in [3.8, 4) is 0 Å². The maximum absolute atomic E-state index is 6.19. The molecule has 0 saturated carbocycles. The van der Waals surface area contributed by atoms with Crippen LogP contribution in [0, 0.1) is 0 Å². The summed E-state index contributed by atoms with van der Waals surface area (Å²) in [5.41, 5.74) is 5.11. The number of hydrogen-bond donors (Lipinski definition) is 2. The Bertz CT molecular complexity index is 624. The van der Waals surface area contributed by atoms with Gasteiger partial charge in [-0.05, 0) is 40.8 Å². The summed E-state index contributed by atoms with van der Waals surface area (Å²) < 4.78 is 0. The molecule has 2 atom stereocenters. The van der Waals surface area contributed by atoms with E-state index in [2.05, 4.69) is 47.9 Å². The number of rotatable bonds is 2. The number of benzene rings is 2. The largest absolute Gasteiger partial charge is 0.388 e. The van der Waals surface area contributed by atoms with Crippen LogP contribution in [0.1, 0.15) is 35.6 Å². The molecule has 2 N–H and O–H groups in total. The molecule has 20 heavy (non-hydrogen) atoms. The number of nitrogens with one attached hydrogen (secondary N) is 2. The second-order valence-electron chi connectivity index (χ2n) is 5.35. The Morgan fingerprint density at radius 3 is 2.60 bits per heavy atom. The predicted octanol–water partition coefficient (Wildman–Crippen LogP) is 4.18. The van der Waals surface area contributed by atoms with E-state index in [1.165, 1.54) is 16.7 Å². The van der Waals surface area contributed by atoms with E-state index < -0.39 is 0 Å². The Kier molecular flexibility index (Phi) is 3.68. The van der Waals surface area contributed by atoms with Crippen molar-refractivity contribution in [3.05, 3.63) is 64.2 Å². The fourth-order valence-corrected chi connectivity index (χ4v) is 3.20. The highest BCUT2D eigenvalue weighted by molar-refractivity contribution is 6.30. The highest BCUT2D eigenvalue weighted by Crippen LogP contribution is 2.37. The van der Waals surface area contributed by atoms with Crippen molar-refractivity contribution in [1.82, 2.24) is 5.32 Å². The van der Waals surface area contributed by atoms with Gasteiger partial charge in [-0.3, -0.25) is 0 Å². The summed E-state index contributed by atoms with van der Waals surface area (Å²) in [6, 6.07) is 14.9. The Labute approximate surface area is 125 Å². The Morgan fingerprint density at radius 2 is 1.85 bits per heavy atom. The monoisotopic (exact) mass is 286 g/mol. The van der Waals surface area contributed by atoms with Gasteiger partial charge in [0.05, 0.1) is 6.04 Å². The standard InChI is InChI=1S/C17H19ClN2/c1-11-10-20-17(14-6-4-3-5-13(11)14)15-9-12(18)7-8-16(15)19-2/h3-9,11,17,19-20H,10H2,1-2H3/t11-,17+/m1/s1. The molecule has 0 spiro atoms. The molecule has 0 aromatic heterocycles. The van der Waals surface area contributed by atoms with Gasteiger partial charge in [0, 0.05) is 24.3 Å². The van der Waals surface area contributed by atoms with Crippen molar-refractivity contribution in [2.75, 3.05) is 18.9 Å². The minimum absolute atomic E-state index is 0.198.